The summed E-state index contributed by atoms with van der Waals surface area (Å²) in [5.74, 6) is 1.33. The van der Waals surface area contributed by atoms with E-state index >= 15 is 0 Å². The summed E-state index contributed by atoms with van der Waals surface area (Å²) in [5, 5.41) is 1.37. The van der Waals surface area contributed by atoms with Crippen molar-refractivity contribution in [3.05, 3.63) is 11.8 Å². The van der Waals surface area contributed by atoms with Crippen molar-refractivity contribution in [1.29, 1.82) is 0 Å². The predicted octanol–water partition coefficient (Wildman–Crippen LogP) is 4.63. The monoisotopic (exact) mass is 482 g/mol. The van der Waals surface area contributed by atoms with E-state index in [4.69, 9.17) is 9.26 Å². The minimum absolute atomic E-state index is 0.0273. The molecule has 0 aromatic carbocycles. The van der Waals surface area contributed by atoms with Gasteiger partial charge in [0.1, 0.15) is 17.9 Å². The maximum Gasteiger partial charge on any atom is 0.358 e. The molecule has 2 amide bonds. The van der Waals surface area contributed by atoms with Gasteiger partial charge in [-0.15, -0.1) is 0 Å². The molecule has 6 rings (SSSR count). The summed E-state index contributed by atoms with van der Waals surface area (Å²) in [7, 11) is -5.79. The van der Waals surface area contributed by atoms with Crippen molar-refractivity contribution < 1.29 is 22.5 Å². The quantitative estimate of drug-likeness (QED) is 0.536. The molecule has 4 fully saturated rings. The summed E-state index contributed by atoms with van der Waals surface area (Å²) in [6.45, 7) is 15.3. The highest BCUT2D eigenvalue weighted by Gasteiger charge is 2.73. The fourth-order valence-corrected chi connectivity index (χ4v) is 10.3. The second kappa shape index (κ2) is 6.53. The Kier molecular flexibility index (Phi) is 4.64. The van der Waals surface area contributed by atoms with Crippen LogP contribution in [0.2, 0.25) is 18.1 Å². The molecule has 0 unspecified atom stereocenters. The molecule has 0 radical (unpaired) electrons. The average Bonchev–Trinajstić information content (AvgIpc) is 3.14. The van der Waals surface area contributed by atoms with Gasteiger partial charge < -0.3 is 4.43 Å². The summed E-state index contributed by atoms with van der Waals surface area (Å²) in [5.41, 5.74) is -0.407. The molecule has 0 aromatic rings. The number of amides is 2. The van der Waals surface area contributed by atoms with Crippen molar-refractivity contribution in [3.8, 4) is 0 Å². The summed E-state index contributed by atoms with van der Waals surface area (Å²) >= 11 is 0. The third-order valence-corrected chi connectivity index (χ3v) is 16.2. The molecule has 9 heteroatoms. The van der Waals surface area contributed by atoms with Gasteiger partial charge in [-0.05, 0) is 67.6 Å². The predicted molar refractivity (Wildman–Crippen MR) is 124 cm³/mol. The van der Waals surface area contributed by atoms with Gasteiger partial charge in [0.25, 0.3) is 0 Å². The van der Waals surface area contributed by atoms with Crippen molar-refractivity contribution in [2.45, 2.75) is 103 Å². The Morgan fingerprint density at radius 3 is 2.50 bits per heavy atom. The second-order valence-corrected chi connectivity index (χ2v) is 19.3. The first-order chi connectivity index (χ1) is 14.6. The van der Waals surface area contributed by atoms with Crippen molar-refractivity contribution in [2.24, 2.45) is 16.7 Å². The smallest absolute Gasteiger partial charge is 0.358 e. The van der Waals surface area contributed by atoms with E-state index in [1.807, 2.05) is 6.08 Å². The van der Waals surface area contributed by atoms with Gasteiger partial charge in [-0.2, -0.15) is 5.06 Å². The van der Waals surface area contributed by atoms with Crippen LogP contribution < -0.4 is 0 Å². The molecule has 4 bridgehead atoms. The topological polar surface area (TPSA) is 76.2 Å². The number of urea groups is 1. The molecule has 0 N–H and O–H groups in total. The molecule has 0 aromatic heterocycles. The van der Waals surface area contributed by atoms with Crippen LogP contribution in [0.25, 0.3) is 0 Å². The fraction of sp³-hybridized carbons (Fsp3) is 0.870. The third-order valence-electron chi connectivity index (χ3n) is 9.90. The van der Waals surface area contributed by atoms with Crippen LogP contribution in [0.5, 0.6) is 0 Å². The minimum atomic E-state index is -3.69. The fourth-order valence-electron chi connectivity index (χ4n) is 6.74. The first-order valence-electron chi connectivity index (χ1n) is 12.0. The molecule has 7 nitrogen and oxygen atoms in total. The van der Waals surface area contributed by atoms with Crippen LogP contribution in [0.1, 0.15) is 66.7 Å². The molecule has 32 heavy (non-hydrogen) atoms. The summed E-state index contributed by atoms with van der Waals surface area (Å²) in [6.07, 6.45) is 5.99. The van der Waals surface area contributed by atoms with Gasteiger partial charge in [0, 0.05) is 5.41 Å². The van der Waals surface area contributed by atoms with Gasteiger partial charge >= 0.3 is 6.03 Å². The number of carbonyl (C=O) groups excluding carboxylic acids is 1. The Morgan fingerprint density at radius 2 is 1.91 bits per heavy atom. The number of sulfonamides is 1. The third kappa shape index (κ3) is 2.86. The van der Waals surface area contributed by atoms with Gasteiger partial charge in [-0.25, -0.2) is 17.5 Å². The number of hydroxylamine groups is 2. The van der Waals surface area contributed by atoms with Crippen LogP contribution in [0.15, 0.2) is 11.8 Å². The number of hydrogen-bond acceptors (Lipinski definition) is 5. The Hall–Kier alpha value is -1.06. The summed E-state index contributed by atoms with van der Waals surface area (Å²) < 4.78 is 34.5. The molecule has 6 aliphatic rings. The Balaban J connectivity index is 1.44. The second-order valence-electron chi connectivity index (χ2n) is 12.7. The normalized spacial score (nSPS) is 39.3. The van der Waals surface area contributed by atoms with Gasteiger partial charge in [0.15, 0.2) is 0 Å². The van der Waals surface area contributed by atoms with Crippen molar-refractivity contribution in [3.63, 3.8) is 0 Å². The lowest BCUT2D eigenvalue weighted by atomic mass is 9.69. The lowest BCUT2D eigenvalue weighted by molar-refractivity contribution is -0.210. The maximum absolute atomic E-state index is 13.8. The van der Waals surface area contributed by atoms with E-state index in [1.165, 1.54) is 9.37 Å². The summed E-state index contributed by atoms with van der Waals surface area (Å²) in [4.78, 5) is 19.8. The van der Waals surface area contributed by atoms with Crippen LogP contribution in [-0.2, 0) is 19.3 Å². The Labute approximate surface area is 193 Å². The lowest BCUT2D eigenvalue weighted by Crippen LogP contribution is -2.58. The zero-order chi connectivity index (χ0) is 23.5. The number of rotatable bonds is 2. The highest BCUT2D eigenvalue weighted by molar-refractivity contribution is 7.90. The van der Waals surface area contributed by atoms with Crippen LogP contribution >= 0.6 is 0 Å². The molecule has 3 aliphatic carbocycles. The van der Waals surface area contributed by atoms with Crippen LogP contribution in [0.3, 0.4) is 0 Å². The minimum Gasteiger partial charge on any atom is -0.545 e. The van der Waals surface area contributed by atoms with E-state index in [1.54, 1.807) is 0 Å². The summed E-state index contributed by atoms with van der Waals surface area (Å²) in [6, 6.07) is -1.14. The number of fused-ring (bicyclic) bond motifs is 3. The molecular formula is C23H38N2O5SSi. The van der Waals surface area contributed by atoms with Crippen molar-refractivity contribution in [2.75, 3.05) is 5.75 Å². The van der Waals surface area contributed by atoms with E-state index < -0.39 is 24.4 Å². The van der Waals surface area contributed by atoms with Crippen molar-refractivity contribution >= 4 is 24.4 Å². The Bertz CT molecular complexity index is 985. The lowest BCUT2D eigenvalue weighted by Gasteiger charge is -2.47. The molecule has 1 spiro atoms. The molecule has 2 saturated heterocycles. The Morgan fingerprint density at radius 1 is 1.22 bits per heavy atom. The van der Waals surface area contributed by atoms with E-state index in [2.05, 4.69) is 47.7 Å². The first kappa shape index (κ1) is 22.7. The van der Waals surface area contributed by atoms with Gasteiger partial charge in [-0.1, -0.05) is 34.6 Å². The largest absolute Gasteiger partial charge is 0.545 e. The molecule has 180 valence electrons. The van der Waals surface area contributed by atoms with E-state index in [0.717, 1.165) is 37.9 Å². The standard InChI is InChI=1S/C23H38N2O5SSi/c1-21(2,3)32(6,7)30-18-13-16-8-9-17(18)24(29-16)20(26)25-19-12-15-10-11-23(19,22(15,4)5)14-31(25,27)28/h13,15-17,19H,8-12,14H2,1-7H3/t15-,16-,17+,19-,23-/m0/s1. The molecule has 5 atom stereocenters. The van der Waals surface area contributed by atoms with E-state index in [-0.39, 0.29) is 39.8 Å². The van der Waals surface area contributed by atoms with Gasteiger partial charge in [0.05, 0.1) is 11.8 Å². The molecular weight excluding hydrogens is 444 g/mol. The van der Waals surface area contributed by atoms with Gasteiger partial charge in [-0.3, -0.25) is 4.84 Å². The average molecular weight is 483 g/mol. The van der Waals surface area contributed by atoms with Gasteiger partial charge in [0.2, 0.25) is 18.3 Å². The zero-order valence-corrected chi connectivity index (χ0v) is 22.3. The zero-order valence-electron chi connectivity index (χ0n) is 20.5. The first-order valence-corrected chi connectivity index (χ1v) is 16.6. The highest BCUT2D eigenvalue weighted by atomic mass is 32.2. The van der Waals surface area contributed by atoms with Crippen LogP contribution in [0.4, 0.5) is 4.79 Å². The van der Waals surface area contributed by atoms with E-state index in [9.17, 15) is 13.2 Å². The van der Waals surface area contributed by atoms with Crippen molar-refractivity contribution in [1.82, 2.24) is 9.37 Å². The molecule has 3 heterocycles. The van der Waals surface area contributed by atoms with E-state index in [0.29, 0.717) is 5.92 Å². The highest BCUT2D eigenvalue weighted by Crippen LogP contribution is 2.70. The van der Waals surface area contributed by atoms with Crippen LogP contribution in [0, 0.1) is 16.7 Å². The molecule has 3 aliphatic heterocycles. The maximum atomic E-state index is 13.8. The number of hydrogen-bond donors (Lipinski definition) is 0. The SMILES string of the molecule is CC1(C)[C@H]2CC[C@@]13CS(=O)(=O)N(C(=O)N1O[C@@H]4C=C(O[Si](C)(C)C(C)(C)C)[C@H]1CC4)[C@H]3C2. The van der Waals surface area contributed by atoms with Crippen LogP contribution in [-0.4, -0.2) is 56.1 Å². The number of carbonyl (C=O) groups is 1. The number of nitrogens with zero attached hydrogens (tertiary/aromatic N) is 2. The molecule has 2 saturated carbocycles.